The number of aryl methyl sites for hydroxylation is 1. The molecule has 0 aromatic heterocycles. The molecule has 0 aliphatic carbocycles. The zero-order valence-corrected chi connectivity index (χ0v) is 20.4. The van der Waals surface area contributed by atoms with Gasteiger partial charge in [0.1, 0.15) is 0 Å². The number of carbonyl (C=O) groups excluding carboxylic acids is 1. The molecule has 0 saturated carbocycles. The molecule has 1 amide bonds. The van der Waals surface area contributed by atoms with E-state index in [9.17, 15) is 4.79 Å². The summed E-state index contributed by atoms with van der Waals surface area (Å²) in [6.07, 6.45) is 2.72. The van der Waals surface area contributed by atoms with Gasteiger partial charge in [-0.1, -0.05) is 43.7 Å². The molecule has 1 fully saturated rings. The Morgan fingerprint density at radius 1 is 1.21 bits per heavy atom. The first-order valence-corrected chi connectivity index (χ1v) is 10.2. The summed E-state index contributed by atoms with van der Waals surface area (Å²) in [7, 11) is 1.71. The molecule has 1 aliphatic heterocycles. The second-order valence-corrected chi connectivity index (χ2v) is 8.23. The van der Waals surface area contributed by atoms with Crippen LogP contribution in [-0.2, 0) is 10.2 Å². The molecule has 2 rings (SSSR count). The fraction of sp³-hybridized carbons (Fsp3) is 0.636. The van der Waals surface area contributed by atoms with E-state index in [0.29, 0.717) is 12.3 Å². The van der Waals surface area contributed by atoms with Gasteiger partial charge >= 0.3 is 0 Å². The summed E-state index contributed by atoms with van der Waals surface area (Å²) in [5.74, 6) is 1.62. The van der Waals surface area contributed by atoms with E-state index in [1.54, 1.807) is 7.05 Å². The van der Waals surface area contributed by atoms with Crippen LogP contribution in [0.5, 0.6) is 0 Å². The highest BCUT2D eigenvalue weighted by molar-refractivity contribution is 14.0. The Labute approximate surface area is 187 Å². The molecular weight excluding hydrogens is 463 g/mol. The van der Waals surface area contributed by atoms with Crippen molar-refractivity contribution >= 4 is 35.8 Å². The number of nitrogens with zero attached hydrogens (tertiary/aromatic N) is 2. The number of aliphatic imine (C=N–C) groups is 1. The fourth-order valence-electron chi connectivity index (χ4n) is 3.51. The lowest BCUT2D eigenvalue weighted by Crippen LogP contribution is -2.46. The van der Waals surface area contributed by atoms with Gasteiger partial charge in [0.15, 0.2) is 5.96 Å². The lowest BCUT2D eigenvalue weighted by molar-refractivity contribution is -0.121. The topological polar surface area (TPSA) is 56.7 Å². The van der Waals surface area contributed by atoms with Gasteiger partial charge in [-0.2, -0.15) is 0 Å². The summed E-state index contributed by atoms with van der Waals surface area (Å²) >= 11 is 0. The Hall–Kier alpha value is -1.31. The predicted octanol–water partition coefficient (Wildman–Crippen LogP) is 3.70. The van der Waals surface area contributed by atoms with Crippen LogP contribution in [0.2, 0.25) is 0 Å². The highest BCUT2D eigenvalue weighted by atomic mass is 127. The zero-order chi connectivity index (χ0) is 19.9. The van der Waals surface area contributed by atoms with Gasteiger partial charge < -0.3 is 15.5 Å². The number of piperidine rings is 1. The number of nitrogens with one attached hydrogen (secondary N) is 2. The number of rotatable bonds is 6. The van der Waals surface area contributed by atoms with E-state index in [-0.39, 0.29) is 35.3 Å². The molecule has 0 bridgehead atoms. The summed E-state index contributed by atoms with van der Waals surface area (Å²) in [5, 5.41) is 6.18. The number of amides is 1. The van der Waals surface area contributed by atoms with E-state index in [4.69, 9.17) is 4.99 Å². The van der Waals surface area contributed by atoms with Crippen molar-refractivity contribution < 1.29 is 4.79 Å². The number of guanidine groups is 1. The first-order valence-electron chi connectivity index (χ1n) is 10.2. The van der Waals surface area contributed by atoms with Gasteiger partial charge in [-0.25, -0.2) is 0 Å². The average molecular weight is 500 g/mol. The lowest BCUT2D eigenvalue weighted by atomic mass is 9.84. The number of likely N-dealkylation sites (tertiary alicyclic amines) is 1. The zero-order valence-electron chi connectivity index (χ0n) is 18.0. The minimum Gasteiger partial charge on any atom is -0.359 e. The number of hydrogen-bond acceptors (Lipinski definition) is 2. The van der Waals surface area contributed by atoms with E-state index in [0.717, 1.165) is 45.0 Å². The summed E-state index contributed by atoms with van der Waals surface area (Å²) in [4.78, 5) is 18.9. The maximum atomic E-state index is 11.6. The van der Waals surface area contributed by atoms with Crippen LogP contribution in [0.25, 0.3) is 0 Å². The fourth-order valence-corrected chi connectivity index (χ4v) is 3.51. The summed E-state index contributed by atoms with van der Waals surface area (Å²) < 4.78 is 0. The van der Waals surface area contributed by atoms with E-state index in [1.165, 1.54) is 11.1 Å². The summed E-state index contributed by atoms with van der Waals surface area (Å²) in [6, 6.07) is 8.76. The maximum absolute atomic E-state index is 11.6. The molecule has 0 unspecified atom stereocenters. The van der Waals surface area contributed by atoms with Crippen LogP contribution >= 0.6 is 24.0 Å². The van der Waals surface area contributed by atoms with Gasteiger partial charge in [-0.05, 0) is 38.2 Å². The molecule has 1 aliphatic rings. The molecule has 5 nitrogen and oxygen atoms in total. The van der Waals surface area contributed by atoms with Crippen LogP contribution in [0.3, 0.4) is 0 Å². The normalized spacial score (nSPS) is 15.8. The van der Waals surface area contributed by atoms with Crippen molar-refractivity contribution in [2.24, 2.45) is 10.9 Å². The van der Waals surface area contributed by atoms with Crippen LogP contribution in [0.1, 0.15) is 51.2 Å². The van der Waals surface area contributed by atoms with Crippen molar-refractivity contribution in [1.82, 2.24) is 15.5 Å². The van der Waals surface area contributed by atoms with Crippen molar-refractivity contribution in [3.05, 3.63) is 35.4 Å². The predicted molar refractivity (Wildman–Crippen MR) is 129 cm³/mol. The first kappa shape index (κ1) is 24.7. The molecule has 1 saturated heterocycles. The molecule has 1 aromatic rings. The second kappa shape index (κ2) is 11.6. The average Bonchev–Trinajstić information content (AvgIpc) is 2.66. The van der Waals surface area contributed by atoms with Crippen LogP contribution < -0.4 is 10.6 Å². The summed E-state index contributed by atoms with van der Waals surface area (Å²) in [6.45, 7) is 12.3. The molecule has 0 atom stereocenters. The quantitative estimate of drug-likeness (QED) is 0.356. The third-order valence-electron chi connectivity index (χ3n) is 5.46. The maximum Gasteiger partial charge on any atom is 0.220 e. The third-order valence-corrected chi connectivity index (χ3v) is 5.46. The molecule has 0 radical (unpaired) electrons. The molecule has 0 spiro atoms. The highest BCUT2D eigenvalue weighted by Crippen LogP contribution is 2.25. The second-order valence-electron chi connectivity index (χ2n) is 8.23. The van der Waals surface area contributed by atoms with Gasteiger partial charge in [0.25, 0.3) is 0 Å². The van der Waals surface area contributed by atoms with Crippen molar-refractivity contribution in [1.29, 1.82) is 0 Å². The molecule has 158 valence electrons. The van der Waals surface area contributed by atoms with Crippen LogP contribution in [-0.4, -0.2) is 50.0 Å². The Bertz CT molecular complexity index is 634. The van der Waals surface area contributed by atoms with Crippen molar-refractivity contribution in [3.8, 4) is 0 Å². The van der Waals surface area contributed by atoms with E-state index in [1.807, 2.05) is 0 Å². The Kier molecular flexibility index (Phi) is 10.3. The summed E-state index contributed by atoms with van der Waals surface area (Å²) in [5.41, 5.74) is 2.59. The van der Waals surface area contributed by atoms with Crippen molar-refractivity contribution in [2.75, 3.05) is 33.2 Å². The van der Waals surface area contributed by atoms with Gasteiger partial charge in [0, 0.05) is 38.5 Å². The molecular formula is C22H37IN4O. The van der Waals surface area contributed by atoms with Gasteiger partial charge in [-0.15, -0.1) is 24.0 Å². The van der Waals surface area contributed by atoms with Gasteiger partial charge in [0.2, 0.25) is 5.91 Å². The van der Waals surface area contributed by atoms with Crippen LogP contribution in [0.15, 0.2) is 29.3 Å². The van der Waals surface area contributed by atoms with Gasteiger partial charge in [0.05, 0.1) is 6.54 Å². The van der Waals surface area contributed by atoms with E-state index < -0.39 is 0 Å². The number of benzene rings is 1. The van der Waals surface area contributed by atoms with Crippen LogP contribution in [0, 0.1) is 12.8 Å². The Balaban J connectivity index is 0.00000392. The van der Waals surface area contributed by atoms with Crippen molar-refractivity contribution in [2.45, 2.75) is 52.4 Å². The first-order chi connectivity index (χ1) is 12.9. The SMILES string of the molecule is CCNC(=NCC(C)(C)c1ccc(C)cc1)N1CCC(CC(=O)NC)CC1.I. The minimum atomic E-state index is -0.00803. The van der Waals surface area contributed by atoms with Crippen molar-refractivity contribution in [3.63, 3.8) is 0 Å². The molecule has 28 heavy (non-hydrogen) atoms. The largest absolute Gasteiger partial charge is 0.359 e. The molecule has 1 aromatic carbocycles. The third kappa shape index (κ3) is 7.26. The smallest absolute Gasteiger partial charge is 0.220 e. The van der Waals surface area contributed by atoms with Gasteiger partial charge in [-0.3, -0.25) is 9.79 Å². The molecule has 1 heterocycles. The van der Waals surface area contributed by atoms with Crippen LogP contribution in [0.4, 0.5) is 0 Å². The van der Waals surface area contributed by atoms with E-state index in [2.05, 4.69) is 67.5 Å². The standard InChI is InChI=1S/C22H36N4O.HI/c1-6-24-21(26-13-11-18(12-14-26)15-20(27)23-5)25-16-22(3,4)19-9-7-17(2)8-10-19;/h7-10,18H,6,11-16H2,1-5H3,(H,23,27)(H,24,25);1H. The number of hydrogen-bond donors (Lipinski definition) is 2. The molecule has 2 N–H and O–H groups in total. The number of carbonyl (C=O) groups is 1. The Morgan fingerprint density at radius 3 is 2.36 bits per heavy atom. The number of halogens is 1. The lowest BCUT2D eigenvalue weighted by Gasteiger charge is -2.34. The Morgan fingerprint density at radius 2 is 1.82 bits per heavy atom. The highest BCUT2D eigenvalue weighted by Gasteiger charge is 2.25. The molecule has 6 heteroatoms. The monoisotopic (exact) mass is 500 g/mol. The minimum absolute atomic E-state index is 0. The van der Waals surface area contributed by atoms with E-state index >= 15 is 0 Å².